The molecule has 0 aliphatic carbocycles. The number of nitrogens with zero attached hydrogens (tertiary/aromatic N) is 1. The summed E-state index contributed by atoms with van der Waals surface area (Å²) < 4.78 is 21.8. The van der Waals surface area contributed by atoms with Gasteiger partial charge in [0.25, 0.3) is 5.91 Å². The van der Waals surface area contributed by atoms with Crippen LogP contribution in [0.15, 0.2) is 23.1 Å². The number of rotatable bonds is 4. The molecule has 0 atom stereocenters. The van der Waals surface area contributed by atoms with Gasteiger partial charge in [-0.15, -0.1) is 0 Å². The molecule has 1 rings (SSSR count). The van der Waals surface area contributed by atoms with Crippen LogP contribution in [0.4, 0.5) is 0 Å². The fourth-order valence-electron chi connectivity index (χ4n) is 1.26. The largest absolute Gasteiger partial charge is 0.395 e. The summed E-state index contributed by atoms with van der Waals surface area (Å²) in [4.78, 5) is 13.0. The van der Waals surface area contributed by atoms with Crippen LogP contribution < -0.4 is 0 Å². The van der Waals surface area contributed by atoms with Crippen LogP contribution in [0.3, 0.4) is 0 Å². The molecule has 1 aromatic carbocycles. The van der Waals surface area contributed by atoms with Crippen LogP contribution in [-0.2, 0) is 10.7 Å². The van der Waals surface area contributed by atoms with E-state index >= 15 is 0 Å². The number of thiol groups is 1. The van der Waals surface area contributed by atoms with Crippen LogP contribution >= 0.6 is 11.6 Å². The van der Waals surface area contributed by atoms with Gasteiger partial charge >= 0.3 is 0 Å². The SMILES string of the molecule is CN(CCO)C(=O)c1ccc(Cl)c([SH](=O)=O)c1. The van der Waals surface area contributed by atoms with Gasteiger partial charge in [-0.2, -0.15) is 0 Å². The van der Waals surface area contributed by atoms with Crippen LogP contribution in [-0.4, -0.2) is 44.5 Å². The Morgan fingerprint density at radius 1 is 1.47 bits per heavy atom. The summed E-state index contributed by atoms with van der Waals surface area (Å²) in [5.41, 5.74) is 0.222. The van der Waals surface area contributed by atoms with E-state index in [1.54, 1.807) is 0 Å². The quantitative estimate of drug-likeness (QED) is 0.780. The zero-order valence-electron chi connectivity index (χ0n) is 9.09. The minimum absolute atomic E-state index is 0.0788. The fourth-order valence-corrected chi connectivity index (χ4v) is 2.08. The number of benzene rings is 1. The molecule has 0 aliphatic rings. The Balaban J connectivity index is 3.08. The Bertz CT molecular complexity index is 493. The van der Waals surface area contributed by atoms with Gasteiger partial charge in [0.1, 0.15) is 0 Å². The van der Waals surface area contributed by atoms with Crippen LogP contribution in [0, 0.1) is 0 Å². The maximum absolute atomic E-state index is 11.8. The van der Waals surface area contributed by atoms with Gasteiger partial charge < -0.3 is 10.0 Å². The number of aliphatic hydroxyl groups is 1. The van der Waals surface area contributed by atoms with Gasteiger partial charge in [0.15, 0.2) is 10.7 Å². The summed E-state index contributed by atoms with van der Waals surface area (Å²) in [6.45, 7) is 0.0266. The molecule has 0 aromatic heterocycles. The monoisotopic (exact) mass is 277 g/mol. The van der Waals surface area contributed by atoms with Crippen molar-refractivity contribution in [3.8, 4) is 0 Å². The molecule has 0 unspecified atom stereocenters. The van der Waals surface area contributed by atoms with Gasteiger partial charge in [0, 0.05) is 19.2 Å². The zero-order chi connectivity index (χ0) is 13.0. The van der Waals surface area contributed by atoms with E-state index in [-0.39, 0.29) is 34.5 Å². The van der Waals surface area contributed by atoms with Crippen LogP contribution in [0.2, 0.25) is 5.02 Å². The second kappa shape index (κ2) is 6.00. The highest BCUT2D eigenvalue weighted by molar-refractivity contribution is 7.72. The highest BCUT2D eigenvalue weighted by Crippen LogP contribution is 2.19. The number of carbonyl (C=O) groups is 1. The smallest absolute Gasteiger partial charge is 0.253 e. The number of amides is 1. The molecule has 0 bridgehead atoms. The van der Waals surface area contributed by atoms with Crippen molar-refractivity contribution in [2.24, 2.45) is 0 Å². The molecule has 0 radical (unpaired) electrons. The standard InChI is InChI=1S/C10H12ClNO4S/c1-12(4-5-13)10(14)7-2-3-8(11)9(6-7)17(15)16/h2-3,6,13,17H,4-5H2,1H3. The number of aliphatic hydroxyl groups excluding tert-OH is 1. The number of halogens is 1. The molecule has 1 aromatic rings. The molecule has 5 nitrogen and oxygen atoms in total. The van der Waals surface area contributed by atoms with E-state index in [0.29, 0.717) is 0 Å². The summed E-state index contributed by atoms with van der Waals surface area (Å²) in [5, 5.41) is 8.79. The summed E-state index contributed by atoms with van der Waals surface area (Å²) in [5.74, 6) is -0.367. The van der Waals surface area contributed by atoms with Gasteiger partial charge in [-0.1, -0.05) is 11.6 Å². The Hall–Kier alpha value is -1.11. The van der Waals surface area contributed by atoms with Crippen LogP contribution in [0.1, 0.15) is 10.4 Å². The lowest BCUT2D eigenvalue weighted by Crippen LogP contribution is -2.29. The third kappa shape index (κ3) is 3.42. The maximum atomic E-state index is 11.8. The zero-order valence-corrected chi connectivity index (χ0v) is 10.7. The van der Waals surface area contributed by atoms with E-state index < -0.39 is 10.7 Å². The number of hydrogen-bond donors (Lipinski definition) is 2. The lowest BCUT2D eigenvalue weighted by molar-refractivity contribution is 0.0766. The summed E-state index contributed by atoms with van der Waals surface area (Å²) in [7, 11) is -1.32. The Kier molecular flexibility index (Phi) is 4.92. The van der Waals surface area contributed by atoms with Gasteiger partial charge in [-0.05, 0) is 18.2 Å². The third-order valence-corrected chi connectivity index (χ3v) is 3.40. The second-order valence-electron chi connectivity index (χ2n) is 3.37. The van der Waals surface area contributed by atoms with Gasteiger partial charge in [-0.3, -0.25) is 4.79 Å². The molecule has 0 aliphatic heterocycles. The molecule has 1 amide bonds. The molecule has 7 heteroatoms. The van der Waals surface area contributed by atoms with Crippen molar-refractivity contribution in [2.45, 2.75) is 4.90 Å². The van der Waals surface area contributed by atoms with E-state index in [1.807, 2.05) is 0 Å². The van der Waals surface area contributed by atoms with E-state index in [0.717, 1.165) is 0 Å². The van der Waals surface area contributed by atoms with Gasteiger partial charge in [-0.25, -0.2) is 8.42 Å². The van der Waals surface area contributed by atoms with Crippen molar-refractivity contribution >= 4 is 28.2 Å². The first kappa shape index (κ1) is 14.0. The number of carbonyl (C=O) groups excluding carboxylic acids is 1. The van der Waals surface area contributed by atoms with E-state index in [4.69, 9.17) is 16.7 Å². The molecule has 94 valence electrons. The normalized spacial score (nSPS) is 10.6. The molecule has 0 heterocycles. The molecule has 0 saturated carbocycles. The van der Waals surface area contributed by atoms with E-state index in [9.17, 15) is 13.2 Å². The van der Waals surface area contributed by atoms with E-state index in [2.05, 4.69) is 0 Å². The average molecular weight is 278 g/mol. The van der Waals surface area contributed by atoms with Crippen molar-refractivity contribution in [3.05, 3.63) is 28.8 Å². The first-order chi connectivity index (χ1) is 7.97. The topological polar surface area (TPSA) is 74.7 Å². The molecular formula is C10H12ClNO4S. The predicted molar refractivity (Wildman–Crippen MR) is 64.1 cm³/mol. The van der Waals surface area contributed by atoms with E-state index in [1.165, 1.54) is 30.1 Å². The van der Waals surface area contributed by atoms with Crippen molar-refractivity contribution in [1.29, 1.82) is 0 Å². The lowest BCUT2D eigenvalue weighted by Gasteiger charge is -2.15. The second-order valence-corrected chi connectivity index (χ2v) is 4.78. The van der Waals surface area contributed by atoms with Crippen molar-refractivity contribution in [2.75, 3.05) is 20.2 Å². The minimum Gasteiger partial charge on any atom is -0.395 e. The Labute approximate surface area is 106 Å². The Morgan fingerprint density at radius 2 is 2.12 bits per heavy atom. The van der Waals surface area contributed by atoms with Gasteiger partial charge in [0.05, 0.1) is 16.5 Å². The highest BCUT2D eigenvalue weighted by Gasteiger charge is 2.13. The average Bonchev–Trinajstić information content (AvgIpc) is 2.28. The van der Waals surface area contributed by atoms with Crippen LogP contribution in [0.25, 0.3) is 0 Å². The molecule has 0 saturated heterocycles. The van der Waals surface area contributed by atoms with Crippen LogP contribution in [0.5, 0.6) is 0 Å². The Morgan fingerprint density at radius 3 is 2.65 bits per heavy atom. The predicted octanol–water partition coefficient (Wildman–Crippen LogP) is 0.375. The molecule has 1 N–H and O–H groups in total. The molecule has 0 spiro atoms. The first-order valence-electron chi connectivity index (χ1n) is 4.77. The van der Waals surface area contributed by atoms with Crippen molar-refractivity contribution < 1.29 is 18.3 Å². The maximum Gasteiger partial charge on any atom is 0.253 e. The minimum atomic E-state index is -2.84. The fraction of sp³-hybridized carbons (Fsp3) is 0.300. The third-order valence-electron chi connectivity index (χ3n) is 2.17. The van der Waals surface area contributed by atoms with Crippen molar-refractivity contribution in [3.63, 3.8) is 0 Å². The lowest BCUT2D eigenvalue weighted by atomic mass is 10.2. The highest BCUT2D eigenvalue weighted by atomic mass is 35.5. The summed E-state index contributed by atoms with van der Waals surface area (Å²) in [6.07, 6.45) is 0. The van der Waals surface area contributed by atoms with Crippen molar-refractivity contribution in [1.82, 2.24) is 4.90 Å². The molecule has 0 fully saturated rings. The first-order valence-corrected chi connectivity index (χ1v) is 6.33. The number of likely N-dealkylation sites (N-methyl/N-ethyl adjacent to an activating group) is 1. The van der Waals surface area contributed by atoms with Gasteiger partial charge in [0.2, 0.25) is 0 Å². The number of hydrogen-bond acceptors (Lipinski definition) is 4. The summed E-state index contributed by atoms with van der Waals surface area (Å²) >= 11 is 5.69. The molecular weight excluding hydrogens is 266 g/mol. The summed E-state index contributed by atoms with van der Waals surface area (Å²) in [6, 6.07) is 4.03. The molecule has 17 heavy (non-hydrogen) atoms.